The number of nitrogens with zero attached hydrogens (tertiary/aromatic N) is 4. The molecule has 3 heterocycles. The van der Waals surface area contributed by atoms with E-state index < -0.39 is 0 Å². The van der Waals surface area contributed by atoms with Crippen LogP contribution in [0, 0.1) is 6.92 Å². The highest BCUT2D eigenvalue weighted by Gasteiger charge is 2.24. The quantitative estimate of drug-likeness (QED) is 0.718. The van der Waals surface area contributed by atoms with Crippen LogP contribution in [0.3, 0.4) is 0 Å². The number of carbonyl (C=O) groups excluding carboxylic acids is 1. The van der Waals surface area contributed by atoms with Crippen molar-refractivity contribution in [3.8, 4) is 11.4 Å². The highest BCUT2D eigenvalue weighted by atomic mass is 16.5. The summed E-state index contributed by atoms with van der Waals surface area (Å²) in [6, 6.07) is 11.4. The Morgan fingerprint density at radius 3 is 2.65 bits per heavy atom. The molecule has 7 heteroatoms. The van der Waals surface area contributed by atoms with Crippen LogP contribution in [0.25, 0.3) is 11.4 Å². The Bertz CT molecular complexity index is 880. The molecule has 1 fully saturated rings. The molecular formula is C19H20N4O3. The second-order valence-electron chi connectivity index (χ2n) is 6.37. The zero-order chi connectivity index (χ0) is 17.9. The lowest BCUT2D eigenvalue weighted by molar-refractivity contribution is 0.0585. The standard InChI is InChI=1S/C19H20N4O3/c1-14-5-2-3-6-15(14)18-20-17(26-21-18)13-22-8-10-23(11-9-22)19(24)16-7-4-12-25-16/h2-7,12H,8-11,13H2,1H3. The first kappa shape index (κ1) is 16.5. The minimum Gasteiger partial charge on any atom is -0.459 e. The largest absolute Gasteiger partial charge is 0.459 e. The average Bonchev–Trinajstić information content (AvgIpc) is 3.34. The molecule has 1 amide bonds. The van der Waals surface area contributed by atoms with Gasteiger partial charge in [0.05, 0.1) is 12.8 Å². The number of rotatable bonds is 4. The number of aryl methyl sites for hydroxylation is 1. The predicted molar refractivity (Wildman–Crippen MR) is 94.4 cm³/mol. The fraction of sp³-hybridized carbons (Fsp3) is 0.316. The topological polar surface area (TPSA) is 75.6 Å². The van der Waals surface area contributed by atoms with Crippen LogP contribution in [0.1, 0.15) is 22.0 Å². The van der Waals surface area contributed by atoms with Gasteiger partial charge in [0.2, 0.25) is 11.7 Å². The summed E-state index contributed by atoms with van der Waals surface area (Å²) >= 11 is 0. The molecule has 1 saturated heterocycles. The number of hydrogen-bond donors (Lipinski definition) is 0. The maximum atomic E-state index is 12.3. The summed E-state index contributed by atoms with van der Waals surface area (Å²) in [5.41, 5.74) is 2.10. The molecule has 0 N–H and O–H groups in total. The van der Waals surface area contributed by atoms with Gasteiger partial charge in [0.25, 0.3) is 5.91 Å². The van der Waals surface area contributed by atoms with E-state index in [1.54, 1.807) is 12.1 Å². The highest BCUT2D eigenvalue weighted by molar-refractivity contribution is 5.91. The van der Waals surface area contributed by atoms with E-state index in [4.69, 9.17) is 8.94 Å². The van der Waals surface area contributed by atoms with Gasteiger partial charge in [-0.3, -0.25) is 9.69 Å². The monoisotopic (exact) mass is 352 g/mol. The molecule has 0 radical (unpaired) electrons. The summed E-state index contributed by atoms with van der Waals surface area (Å²) < 4.78 is 10.6. The minimum absolute atomic E-state index is 0.0609. The van der Waals surface area contributed by atoms with Gasteiger partial charge < -0.3 is 13.8 Å². The Morgan fingerprint density at radius 2 is 1.92 bits per heavy atom. The van der Waals surface area contributed by atoms with Crippen molar-refractivity contribution in [2.24, 2.45) is 0 Å². The molecule has 7 nitrogen and oxygen atoms in total. The normalized spacial score (nSPS) is 15.3. The van der Waals surface area contributed by atoms with Gasteiger partial charge in [-0.2, -0.15) is 4.98 Å². The molecule has 134 valence electrons. The van der Waals surface area contributed by atoms with Gasteiger partial charge in [-0.15, -0.1) is 0 Å². The van der Waals surface area contributed by atoms with E-state index in [1.165, 1.54) is 6.26 Å². The van der Waals surface area contributed by atoms with Gasteiger partial charge >= 0.3 is 0 Å². The predicted octanol–water partition coefficient (Wildman–Crippen LogP) is 2.60. The third-order valence-corrected chi connectivity index (χ3v) is 4.60. The van der Waals surface area contributed by atoms with Crippen molar-refractivity contribution in [1.29, 1.82) is 0 Å². The Morgan fingerprint density at radius 1 is 1.12 bits per heavy atom. The smallest absolute Gasteiger partial charge is 0.289 e. The zero-order valence-corrected chi connectivity index (χ0v) is 14.6. The molecule has 0 spiro atoms. The number of amides is 1. The van der Waals surface area contributed by atoms with Crippen LogP contribution in [0.5, 0.6) is 0 Å². The average molecular weight is 352 g/mol. The Kier molecular flexibility index (Phi) is 4.53. The summed E-state index contributed by atoms with van der Waals surface area (Å²) in [7, 11) is 0. The van der Waals surface area contributed by atoms with Crippen LogP contribution >= 0.6 is 0 Å². The Labute approximate surface area is 151 Å². The maximum absolute atomic E-state index is 12.3. The summed E-state index contributed by atoms with van der Waals surface area (Å²) in [5.74, 6) is 1.53. The molecule has 1 aromatic carbocycles. The van der Waals surface area contributed by atoms with Gasteiger partial charge in [0.15, 0.2) is 5.76 Å². The number of aromatic nitrogens is 2. The van der Waals surface area contributed by atoms with Crippen molar-refractivity contribution in [3.05, 3.63) is 59.9 Å². The summed E-state index contributed by atoms with van der Waals surface area (Å²) in [6.45, 7) is 5.43. The highest BCUT2D eigenvalue weighted by Crippen LogP contribution is 2.20. The Hall–Kier alpha value is -2.93. The van der Waals surface area contributed by atoms with E-state index in [1.807, 2.05) is 36.1 Å². The minimum atomic E-state index is -0.0609. The van der Waals surface area contributed by atoms with Gasteiger partial charge in [-0.05, 0) is 24.6 Å². The number of carbonyl (C=O) groups is 1. The van der Waals surface area contributed by atoms with Crippen molar-refractivity contribution in [2.45, 2.75) is 13.5 Å². The molecule has 3 aromatic rings. The second-order valence-corrected chi connectivity index (χ2v) is 6.37. The Balaban J connectivity index is 1.35. The summed E-state index contributed by atoms with van der Waals surface area (Å²) in [6.07, 6.45) is 1.52. The molecule has 26 heavy (non-hydrogen) atoms. The van der Waals surface area contributed by atoms with Crippen molar-refractivity contribution in [3.63, 3.8) is 0 Å². The molecule has 1 aliphatic heterocycles. The van der Waals surface area contributed by atoms with Gasteiger partial charge in [-0.1, -0.05) is 29.4 Å². The van der Waals surface area contributed by atoms with Crippen molar-refractivity contribution in [1.82, 2.24) is 19.9 Å². The fourth-order valence-corrected chi connectivity index (χ4v) is 3.11. The molecule has 0 aliphatic carbocycles. The van der Waals surface area contributed by atoms with E-state index in [2.05, 4.69) is 15.0 Å². The second kappa shape index (κ2) is 7.13. The summed E-state index contributed by atoms with van der Waals surface area (Å²) in [4.78, 5) is 20.8. The van der Waals surface area contributed by atoms with Crippen LogP contribution in [-0.2, 0) is 6.54 Å². The molecular weight excluding hydrogens is 332 g/mol. The molecule has 0 atom stereocenters. The first-order valence-electron chi connectivity index (χ1n) is 8.64. The summed E-state index contributed by atoms with van der Waals surface area (Å²) in [5, 5.41) is 4.10. The molecule has 0 unspecified atom stereocenters. The maximum Gasteiger partial charge on any atom is 0.289 e. The van der Waals surface area contributed by atoms with Crippen LogP contribution in [-0.4, -0.2) is 52.0 Å². The van der Waals surface area contributed by atoms with Crippen molar-refractivity contribution < 1.29 is 13.7 Å². The fourth-order valence-electron chi connectivity index (χ4n) is 3.11. The number of benzene rings is 1. The first-order chi connectivity index (χ1) is 12.7. The molecule has 0 bridgehead atoms. The molecule has 2 aromatic heterocycles. The van der Waals surface area contributed by atoms with Crippen LogP contribution in [0.4, 0.5) is 0 Å². The third-order valence-electron chi connectivity index (χ3n) is 4.60. The molecule has 1 aliphatic rings. The number of furan rings is 1. The van der Waals surface area contributed by atoms with Gasteiger partial charge in [-0.25, -0.2) is 0 Å². The zero-order valence-electron chi connectivity index (χ0n) is 14.6. The molecule has 0 saturated carbocycles. The van der Waals surface area contributed by atoms with Crippen LogP contribution in [0.2, 0.25) is 0 Å². The van der Waals surface area contributed by atoms with Crippen molar-refractivity contribution >= 4 is 5.91 Å². The van der Waals surface area contributed by atoms with E-state index in [0.717, 1.165) is 24.2 Å². The van der Waals surface area contributed by atoms with Gasteiger partial charge in [0, 0.05) is 31.7 Å². The van der Waals surface area contributed by atoms with E-state index in [0.29, 0.717) is 37.1 Å². The lowest BCUT2D eigenvalue weighted by atomic mass is 10.1. The third kappa shape index (κ3) is 3.39. The number of piperazine rings is 1. The SMILES string of the molecule is Cc1ccccc1-c1noc(CN2CCN(C(=O)c3ccco3)CC2)n1. The van der Waals surface area contributed by atoms with Crippen LogP contribution < -0.4 is 0 Å². The van der Waals surface area contributed by atoms with E-state index in [9.17, 15) is 4.79 Å². The molecule has 4 rings (SSSR count). The van der Waals surface area contributed by atoms with Crippen LogP contribution in [0.15, 0.2) is 51.6 Å². The first-order valence-corrected chi connectivity index (χ1v) is 8.64. The lowest BCUT2D eigenvalue weighted by Gasteiger charge is -2.33. The van der Waals surface area contributed by atoms with Crippen molar-refractivity contribution in [2.75, 3.05) is 26.2 Å². The lowest BCUT2D eigenvalue weighted by Crippen LogP contribution is -2.48. The number of hydrogen-bond acceptors (Lipinski definition) is 6. The van der Waals surface area contributed by atoms with Gasteiger partial charge in [0.1, 0.15) is 0 Å². The van der Waals surface area contributed by atoms with E-state index in [-0.39, 0.29) is 5.91 Å². The van der Waals surface area contributed by atoms with E-state index >= 15 is 0 Å².